The Labute approximate surface area is 101 Å². The van der Waals surface area contributed by atoms with Crippen LogP contribution in [0.4, 0.5) is 5.69 Å². The third kappa shape index (κ3) is 3.84. The molecule has 0 spiro atoms. The second kappa shape index (κ2) is 6.14. The fourth-order valence-corrected chi connectivity index (χ4v) is 1.29. The van der Waals surface area contributed by atoms with Gasteiger partial charge in [-0.2, -0.15) is 5.10 Å². The molecule has 0 fully saturated rings. The SMILES string of the molecule is C(#Cc1ccccc1)/C=N\Nc1ccccc1. The van der Waals surface area contributed by atoms with Crippen LogP contribution in [0, 0.1) is 11.8 Å². The Morgan fingerprint density at radius 3 is 2.24 bits per heavy atom. The van der Waals surface area contributed by atoms with Crippen LogP contribution in [0.5, 0.6) is 0 Å². The van der Waals surface area contributed by atoms with E-state index in [1.165, 1.54) is 0 Å². The molecule has 2 aromatic rings. The fraction of sp³-hybridized carbons (Fsp3) is 0. The van der Waals surface area contributed by atoms with Gasteiger partial charge in [0.2, 0.25) is 0 Å². The molecule has 0 atom stereocenters. The number of para-hydroxylation sites is 1. The van der Waals surface area contributed by atoms with E-state index in [9.17, 15) is 0 Å². The smallest absolute Gasteiger partial charge is 0.0974 e. The molecule has 2 heteroatoms. The lowest BCUT2D eigenvalue weighted by Crippen LogP contribution is -1.86. The van der Waals surface area contributed by atoms with Gasteiger partial charge in [0, 0.05) is 5.56 Å². The van der Waals surface area contributed by atoms with Crippen molar-refractivity contribution < 1.29 is 0 Å². The van der Waals surface area contributed by atoms with Gasteiger partial charge in [0.1, 0.15) is 0 Å². The molecule has 0 heterocycles. The van der Waals surface area contributed by atoms with Gasteiger partial charge >= 0.3 is 0 Å². The molecule has 0 unspecified atom stereocenters. The van der Waals surface area contributed by atoms with E-state index in [1.54, 1.807) is 6.21 Å². The number of hydrogen-bond acceptors (Lipinski definition) is 2. The summed E-state index contributed by atoms with van der Waals surface area (Å²) in [6.07, 6.45) is 1.56. The van der Waals surface area contributed by atoms with Gasteiger partial charge in [-0.1, -0.05) is 42.3 Å². The third-order valence-corrected chi connectivity index (χ3v) is 2.09. The first-order chi connectivity index (χ1) is 8.45. The highest BCUT2D eigenvalue weighted by molar-refractivity contribution is 5.79. The Hall–Kier alpha value is -2.53. The average Bonchev–Trinajstić information content (AvgIpc) is 2.41. The second-order valence-electron chi connectivity index (χ2n) is 3.37. The number of hydrogen-bond donors (Lipinski definition) is 1. The molecular formula is C15H12N2. The maximum absolute atomic E-state index is 4.01. The van der Waals surface area contributed by atoms with Crippen molar-refractivity contribution in [3.05, 3.63) is 66.2 Å². The maximum atomic E-state index is 4.01. The molecule has 2 nitrogen and oxygen atoms in total. The molecule has 0 aliphatic heterocycles. The summed E-state index contributed by atoms with van der Waals surface area (Å²) < 4.78 is 0. The van der Waals surface area contributed by atoms with E-state index >= 15 is 0 Å². The van der Waals surface area contributed by atoms with Crippen molar-refractivity contribution in [1.29, 1.82) is 0 Å². The van der Waals surface area contributed by atoms with E-state index in [4.69, 9.17) is 0 Å². The summed E-state index contributed by atoms with van der Waals surface area (Å²) >= 11 is 0. The van der Waals surface area contributed by atoms with Crippen LogP contribution < -0.4 is 5.43 Å². The summed E-state index contributed by atoms with van der Waals surface area (Å²) in [5, 5.41) is 4.01. The highest BCUT2D eigenvalue weighted by atomic mass is 15.3. The van der Waals surface area contributed by atoms with Crippen molar-refractivity contribution in [2.45, 2.75) is 0 Å². The zero-order chi connectivity index (χ0) is 11.8. The normalized spacial score (nSPS) is 9.65. The van der Waals surface area contributed by atoms with E-state index in [2.05, 4.69) is 22.4 Å². The van der Waals surface area contributed by atoms with Gasteiger partial charge in [0.15, 0.2) is 0 Å². The average molecular weight is 220 g/mol. The lowest BCUT2D eigenvalue weighted by Gasteiger charge is -1.95. The van der Waals surface area contributed by atoms with Crippen LogP contribution in [-0.2, 0) is 0 Å². The number of benzene rings is 2. The summed E-state index contributed by atoms with van der Waals surface area (Å²) in [7, 11) is 0. The van der Waals surface area contributed by atoms with Crippen molar-refractivity contribution >= 4 is 11.9 Å². The van der Waals surface area contributed by atoms with Crippen molar-refractivity contribution in [3.8, 4) is 11.8 Å². The third-order valence-electron chi connectivity index (χ3n) is 2.09. The molecule has 82 valence electrons. The predicted octanol–water partition coefficient (Wildman–Crippen LogP) is 3.14. The van der Waals surface area contributed by atoms with E-state index < -0.39 is 0 Å². The summed E-state index contributed by atoms with van der Waals surface area (Å²) in [5.74, 6) is 5.86. The van der Waals surface area contributed by atoms with Crippen LogP contribution in [0.2, 0.25) is 0 Å². The molecule has 0 amide bonds. The van der Waals surface area contributed by atoms with Crippen molar-refractivity contribution in [3.63, 3.8) is 0 Å². The molecule has 0 saturated carbocycles. The quantitative estimate of drug-likeness (QED) is 0.469. The number of nitrogens with zero attached hydrogens (tertiary/aromatic N) is 1. The largest absolute Gasteiger partial charge is 0.278 e. The van der Waals surface area contributed by atoms with Gasteiger partial charge < -0.3 is 0 Å². The van der Waals surface area contributed by atoms with Gasteiger partial charge in [0.05, 0.1) is 11.9 Å². The van der Waals surface area contributed by atoms with Crippen LogP contribution >= 0.6 is 0 Å². The summed E-state index contributed by atoms with van der Waals surface area (Å²) in [6.45, 7) is 0. The standard InChI is InChI=1S/C15H12N2/c1-3-8-14(9-4-1)10-7-13-16-17-15-11-5-2-6-12-15/h1-6,8-9,11-13,17H/b16-13-. The van der Waals surface area contributed by atoms with Crippen molar-refractivity contribution in [2.75, 3.05) is 5.43 Å². The van der Waals surface area contributed by atoms with Gasteiger partial charge in [-0.3, -0.25) is 5.43 Å². The van der Waals surface area contributed by atoms with Gasteiger partial charge in [-0.05, 0) is 30.2 Å². The lowest BCUT2D eigenvalue weighted by molar-refractivity contribution is 1.36. The maximum Gasteiger partial charge on any atom is 0.0974 e. The second-order valence-corrected chi connectivity index (χ2v) is 3.37. The Balaban J connectivity index is 1.89. The minimum absolute atomic E-state index is 0.949. The molecule has 0 saturated heterocycles. The summed E-state index contributed by atoms with van der Waals surface area (Å²) in [6, 6.07) is 19.6. The Bertz CT molecular complexity index is 533. The van der Waals surface area contributed by atoms with Gasteiger partial charge in [-0.25, -0.2) is 0 Å². The molecule has 2 rings (SSSR count). The Morgan fingerprint density at radius 2 is 1.53 bits per heavy atom. The Morgan fingerprint density at radius 1 is 0.882 bits per heavy atom. The highest BCUT2D eigenvalue weighted by Crippen LogP contribution is 2.03. The molecule has 2 aromatic carbocycles. The predicted molar refractivity (Wildman–Crippen MR) is 71.9 cm³/mol. The first-order valence-corrected chi connectivity index (χ1v) is 5.34. The molecule has 0 aliphatic rings. The van der Waals surface area contributed by atoms with E-state index in [1.807, 2.05) is 60.7 Å². The monoisotopic (exact) mass is 220 g/mol. The first-order valence-electron chi connectivity index (χ1n) is 5.34. The first kappa shape index (κ1) is 11.0. The van der Waals surface area contributed by atoms with E-state index in [-0.39, 0.29) is 0 Å². The summed E-state index contributed by atoms with van der Waals surface area (Å²) in [5.41, 5.74) is 4.83. The number of nitrogens with one attached hydrogen (secondary N) is 1. The zero-order valence-electron chi connectivity index (χ0n) is 9.30. The number of anilines is 1. The van der Waals surface area contributed by atoms with Crippen LogP contribution in [0.25, 0.3) is 0 Å². The molecule has 0 aliphatic carbocycles. The van der Waals surface area contributed by atoms with Crippen LogP contribution in [0.1, 0.15) is 5.56 Å². The molecular weight excluding hydrogens is 208 g/mol. The summed E-state index contributed by atoms with van der Waals surface area (Å²) in [4.78, 5) is 0. The number of rotatable bonds is 2. The lowest BCUT2D eigenvalue weighted by atomic mass is 10.2. The minimum atomic E-state index is 0.949. The number of hydrazone groups is 1. The van der Waals surface area contributed by atoms with Crippen molar-refractivity contribution in [1.82, 2.24) is 0 Å². The highest BCUT2D eigenvalue weighted by Gasteiger charge is 1.82. The van der Waals surface area contributed by atoms with Crippen molar-refractivity contribution in [2.24, 2.45) is 5.10 Å². The molecule has 17 heavy (non-hydrogen) atoms. The van der Waals surface area contributed by atoms with Crippen LogP contribution in [0.3, 0.4) is 0 Å². The molecule has 1 N–H and O–H groups in total. The van der Waals surface area contributed by atoms with E-state index in [0.29, 0.717) is 0 Å². The topological polar surface area (TPSA) is 24.4 Å². The van der Waals surface area contributed by atoms with Gasteiger partial charge in [0.25, 0.3) is 0 Å². The van der Waals surface area contributed by atoms with Crippen LogP contribution in [-0.4, -0.2) is 6.21 Å². The molecule has 0 radical (unpaired) electrons. The minimum Gasteiger partial charge on any atom is -0.278 e. The molecule has 0 bridgehead atoms. The Kier molecular flexibility index (Phi) is 3.96. The van der Waals surface area contributed by atoms with Gasteiger partial charge in [-0.15, -0.1) is 0 Å². The fourth-order valence-electron chi connectivity index (χ4n) is 1.29. The van der Waals surface area contributed by atoms with Crippen LogP contribution in [0.15, 0.2) is 65.8 Å². The van der Waals surface area contributed by atoms with E-state index in [0.717, 1.165) is 11.3 Å². The zero-order valence-corrected chi connectivity index (χ0v) is 9.30. The molecule has 0 aromatic heterocycles.